The molecule has 2 aromatic carbocycles. The van der Waals surface area contributed by atoms with Gasteiger partial charge in [0.15, 0.2) is 5.65 Å². The normalized spacial score (nSPS) is 11.8. The molecule has 5 aromatic rings. The number of nitrogens with zero attached hydrogens (tertiary/aromatic N) is 3. The molecule has 0 atom stereocenters. The highest BCUT2D eigenvalue weighted by atomic mass is 79.9. The van der Waals surface area contributed by atoms with Crippen LogP contribution < -0.4 is 10.3 Å². The number of fused-ring (bicyclic) bond motifs is 3. The van der Waals surface area contributed by atoms with Crippen LogP contribution in [0.2, 0.25) is 0 Å². The summed E-state index contributed by atoms with van der Waals surface area (Å²) in [6, 6.07) is 19.1. The number of ether oxygens (including phenoxy) is 1. The summed E-state index contributed by atoms with van der Waals surface area (Å²) in [6.45, 7) is 0. The standard InChI is InChI=1S/C24H18BrN3O4S/c1-27-18-14-26-23-17(13-19(25)28(23)33(30,31)16-11-7-4-8-12-16)21(18)22(32-2)20(24(27)29)15-9-5-3-6-10-15/h3-14H,1-2H3. The van der Waals surface area contributed by atoms with E-state index >= 15 is 0 Å². The lowest BCUT2D eigenvalue weighted by molar-refractivity contribution is 0.420. The highest BCUT2D eigenvalue weighted by Crippen LogP contribution is 2.40. The van der Waals surface area contributed by atoms with E-state index in [2.05, 4.69) is 20.9 Å². The van der Waals surface area contributed by atoms with Gasteiger partial charge in [0.1, 0.15) is 10.4 Å². The summed E-state index contributed by atoms with van der Waals surface area (Å²) in [7, 11) is -0.761. The molecule has 0 N–H and O–H groups in total. The molecule has 33 heavy (non-hydrogen) atoms. The molecule has 5 rings (SSSR count). The van der Waals surface area contributed by atoms with Crippen molar-refractivity contribution < 1.29 is 13.2 Å². The molecule has 0 aliphatic heterocycles. The molecular weight excluding hydrogens is 506 g/mol. The SMILES string of the molecule is COc1c(-c2ccccc2)c(=O)n(C)c2cnc3c(cc(Br)n3S(=O)(=O)c3ccccc3)c12. The Hall–Kier alpha value is -3.43. The second kappa shape index (κ2) is 7.86. The number of rotatable bonds is 4. The van der Waals surface area contributed by atoms with E-state index in [1.165, 1.54) is 30.0 Å². The first kappa shape index (κ1) is 21.4. The van der Waals surface area contributed by atoms with Crippen LogP contribution in [0.3, 0.4) is 0 Å². The van der Waals surface area contributed by atoms with Gasteiger partial charge in [-0.15, -0.1) is 0 Å². The van der Waals surface area contributed by atoms with Crippen LogP contribution in [0, 0.1) is 0 Å². The van der Waals surface area contributed by atoms with Gasteiger partial charge < -0.3 is 9.30 Å². The zero-order valence-electron chi connectivity index (χ0n) is 17.7. The average Bonchev–Trinajstić information content (AvgIpc) is 3.18. The molecule has 0 saturated carbocycles. The van der Waals surface area contributed by atoms with Gasteiger partial charge in [-0.25, -0.2) is 17.4 Å². The summed E-state index contributed by atoms with van der Waals surface area (Å²) < 4.78 is 35.6. The second-order valence-corrected chi connectivity index (χ2v) is 10.0. The third-order valence-electron chi connectivity index (χ3n) is 5.61. The largest absolute Gasteiger partial charge is 0.495 e. The summed E-state index contributed by atoms with van der Waals surface area (Å²) in [5.41, 5.74) is 1.63. The maximum absolute atomic E-state index is 13.4. The monoisotopic (exact) mass is 523 g/mol. The molecule has 0 amide bonds. The second-order valence-electron chi connectivity index (χ2n) is 7.44. The molecule has 0 aliphatic rings. The molecule has 0 fully saturated rings. The first-order valence-corrected chi connectivity index (χ1v) is 12.2. The number of methoxy groups -OCH3 is 1. The Kier molecular flexibility index (Phi) is 5.10. The Labute approximate surface area is 198 Å². The number of hydrogen-bond donors (Lipinski definition) is 0. The van der Waals surface area contributed by atoms with Crippen LogP contribution in [0.4, 0.5) is 0 Å². The molecule has 9 heteroatoms. The Balaban J connectivity index is 1.93. The zero-order valence-corrected chi connectivity index (χ0v) is 20.1. The first-order valence-electron chi connectivity index (χ1n) is 9.99. The van der Waals surface area contributed by atoms with Crippen LogP contribution in [0.15, 0.2) is 87.2 Å². The quantitative estimate of drug-likeness (QED) is 0.344. The van der Waals surface area contributed by atoms with Gasteiger partial charge in [0.05, 0.1) is 34.7 Å². The van der Waals surface area contributed by atoms with Gasteiger partial charge in [0.25, 0.3) is 15.6 Å². The van der Waals surface area contributed by atoms with E-state index in [-0.39, 0.29) is 16.1 Å². The summed E-state index contributed by atoms with van der Waals surface area (Å²) in [5.74, 6) is 0.369. The number of hydrogen-bond acceptors (Lipinski definition) is 5. The van der Waals surface area contributed by atoms with Crippen molar-refractivity contribution in [3.8, 4) is 16.9 Å². The van der Waals surface area contributed by atoms with Crippen molar-refractivity contribution in [2.45, 2.75) is 4.90 Å². The summed E-state index contributed by atoms with van der Waals surface area (Å²) in [6.07, 6.45) is 1.50. The van der Waals surface area contributed by atoms with Gasteiger partial charge in [-0.3, -0.25) is 4.79 Å². The van der Waals surface area contributed by atoms with Crippen LogP contribution in [0.5, 0.6) is 5.75 Å². The van der Waals surface area contributed by atoms with E-state index < -0.39 is 10.0 Å². The molecule has 3 aromatic heterocycles. The summed E-state index contributed by atoms with van der Waals surface area (Å²) in [4.78, 5) is 17.8. The van der Waals surface area contributed by atoms with Gasteiger partial charge >= 0.3 is 0 Å². The number of pyridine rings is 2. The predicted molar refractivity (Wildman–Crippen MR) is 131 cm³/mol. The highest BCUT2D eigenvalue weighted by Gasteiger charge is 2.27. The van der Waals surface area contributed by atoms with Gasteiger partial charge in [0, 0.05) is 12.4 Å². The number of aromatic nitrogens is 3. The summed E-state index contributed by atoms with van der Waals surface area (Å²) >= 11 is 3.41. The third-order valence-corrected chi connectivity index (χ3v) is 8.14. The molecule has 0 spiro atoms. The minimum Gasteiger partial charge on any atom is -0.495 e. The van der Waals surface area contributed by atoms with Gasteiger partial charge in [-0.1, -0.05) is 48.5 Å². The smallest absolute Gasteiger partial charge is 0.270 e. The van der Waals surface area contributed by atoms with Crippen LogP contribution >= 0.6 is 15.9 Å². The topological polar surface area (TPSA) is 83.2 Å². The van der Waals surface area contributed by atoms with Crippen LogP contribution in [-0.2, 0) is 17.1 Å². The molecule has 0 bridgehead atoms. The Morgan fingerprint density at radius 1 is 1.00 bits per heavy atom. The van der Waals surface area contributed by atoms with Crippen LogP contribution in [0.25, 0.3) is 33.1 Å². The van der Waals surface area contributed by atoms with E-state index in [4.69, 9.17) is 4.74 Å². The fraction of sp³-hybridized carbons (Fsp3) is 0.0833. The van der Waals surface area contributed by atoms with E-state index in [9.17, 15) is 13.2 Å². The summed E-state index contributed by atoms with van der Waals surface area (Å²) in [5, 5.41) is 1.15. The Morgan fingerprint density at radius 2 is 1.64 bits per heavy atom. The van der Waals surface area contributed by atoms with Crippen LogP contribution in [-0.4, -0.2) is 29.1 Å². The fourth-order valence-electron chi connectivity index (χ4n) is 4.07. The van der Waals surface area contributed by atoms with Gasteiger partial charge in [0.2, 0.25) is 0 Å². The third kappa shape index (κ3) is 3.19. The van der Waals surface area contributed by atoms with E-state index in [0.29, 0.717) is 37.8 Å². The zero-order chi connectivity index (χ0) is 23.3. The van der Waals surface area contributed by atoms with Crippen LogP contribution in [0.1, 0.15) is 0 Å². The molecule has 0 radical (unpaired) electrons. The molecular formula is C24H18BrN3O4S. The number of halogens is 1. The van der Waals surface area contributed by atoms with E-state index in [0.717, 1.165) is 3.97 Å². The van der Waals surface area contributed by atoms with Crippen molar-refractivity contribution in [3.05, 3.63) is 87.9 Å². The molecule has 7 nitrogen and oxygen atoms in total. The fourth-order valence-corrected chi connectivity index (χ4v) is 6.40. The lowest BCUT2D eigenvalue weighted by Crippen LogP contribution is -2.20. The molecule has 0 aliphatic carbocycles. The lowest BCUT2D eigenvalue weighted by Gasteiger charge is -2.15. The lowest BCUT2D eigenvalue weighted by atomic mass is 10.0. The average molecular weight is 524 g/mol. The molecule has 166 valence electrons. The molecule has 3 heterocycles. The van der Waals surface area contributed by atoms with Crippen molar-refractivity contribution in [2.75, 3.05) is 7.11 Å². The van der Waals surface area contributed by atoms with Crippen molar-refractivity contribution in [1.29, 1.82) is 0 Å². The molecule has 0 saturated heterocycles. The molecule has 0 unspecified atom stereocenters. The van der Waals surface area contributed by atoms with Gasteiger partial charge in [-0.05, 0) is 39.7 Å². The van der Waals surface area contributed by atoms with Gasteiger partial charge in [-0.2, -0.15) is 0 Å². The predicted octanol–water partition coefficient (Wildman–Crippen LogP) is 4.56. The van der Waals surface area contributed by atoms with E-state index in [1.807, 2.05) is 30.3 Å². The first-order chi connectivity index (χ1) is 15.9. The number of benzene rings is 2. The number of aryl methyl sites for hydroxylation is 1. The highest BCUT2D eigenvalue weighted by molar-refractivity contribution is 9.10. The minimum atomic E-state index is -3.92. The van der Waals surface area contributed by atoms with Crippen molar-refractivity contribution in [2.24, 2.45) is 7.05 Å². The Morgan fingerprint density at radius 3 is 2.27 bits per heavy atom. The minimum absolute atomic E-state index is 0.141. The van der Waals surface area contributed by atoms with E-state index in [1.54, 1.807) is 31.3 Å². The van der Waals surface area contributed by atoms with Crippen molar-refractivity contribution in [3.63, 3.8) is 0 Å². The Bertz CT molecular complexity index is 1690. The van der Waals surface area contributed by atoms with Crippen molar-refractivity contribution >= 4 is 47.9 Å². The maximum atomic E-state index is 13.4. The maximum Gasteiger partial charge on any atom is 0.270 e. The van der Waals surface area contributed by atoms with Crippen molar-refractivity contribution in [1.82, 2.24) is 13.5 Å².